The first-order valence-corrected chi connectivity index (χ1v) is 12.2. The molecule has 5 rings (SSSR count). The van der Waals surface area contributed by atoms with Crippen LogP contribution in [0.25, 0.3) is 0 Å². The topological polar surface area (TPSA) is 112 Å². The summed E-state index contributed by atoms with van der Waals surface area (Å²) in [5, 5.41) is 5.89. The van der Waals surface area contributed by atoms with Crippen LogP contribution in [0.4, 0.5) is 15.4 Å². The predicted molar refractivity (Wildman–Crippen MR) is 133 cm³/mol. The number of hydrogen-bond donors (Lipinski definition) is 2. The molecule has 4 heterocycles. The van der Waals surface area contributed by atoms with Crippen molar-refractivity contribution in [2.24, 2.45) is 0 Å². The smallest absolute Gasteiger partial charge is 0.330 e. The molecule has 2 aromatic heterocycles. The molecule has 0 aliphatic carbocycles. The first-order valence-electron chi connectivity index (χ1n) is 11.8. The van der Waals surface area contributed by atoms with Crippen molar-refractivity contribution in [3.05, 3.63) is 77.0 Å². The van der Waals surface area contributed by atoms with Gasteiger partial charge in [-0.1, -0.05) is 41.9 Å². The average molecular weight is 508 g/mol. The molecule has 2 aliphatic heterocycles. The first-order chi connectivity index (χ1) is 17.4. The number of halogens is 1. The van der Waals surface area contributed by atoms with Gasteiger partial charge in [0, 0.05) is 25.3 Å². The lowest BCUT2D eigenvalue weighted by atomic mass is 10.0. The van der Waals surface area contributed by atoms with E-state index in [4.69, 9.17) is 11.6 Å². The van der Waals surface area contributed by atoms with Crippen molar-refractivity contribution < 1.29 is 14.4 Å². The molecule has 36 heavy (non-hydrogen) atoms. The van der Waals surface area contributed by atoms with Crippen LogP contribution in [-0.4, -0.2) is 61.4 Å². The second-order valence-corrected chi connectivity index (χ2v) is 9.34. The van der Waals surface area contributed by atoms with Crippen LogP contribution >= 0.6 is 11.6 Å². The van der Waals surface area contributed by atoms with Gasteiger partial charge in [0.05, 0.1) is 23.5 Å². The Morgan fingerprint density at radius 2 is 1.81 bits per heavy atom. The molecule has 0 radical (unpaired) electrons. The second-order valence-electron chi connectivity index (χ2n) is 8.90. The summed E-state index contributed by atoms with van der Waals surface area (Å²) in [7, 11) is 0. The van der Waals surface area contributed by atoms with E-state index in [1.54, 1.807) is 27.8 Å². The number of hydrogen-bond acceptors (Lipinski definition) is 5. The lowest BCUT2D eigenvalue weighted by Crippen LogP contribution is -2.50. The van der Waals surface area contributed by atoms with Gasteiger partial charge in [0.25, 0.3) is 0 Å². The van der Waals surface area contributed by atoms with E-state index in [-0.39, 0.29) is 18.0 Å². The Kier molecular flexibility index (Phi) is 6.60. The van der Waals surface area contributed by atoms with E-state index in [9.17, 15) is 14.4 Å². The van der Waals surface area contributed by atoms with Gasteiger partial charge in [-0.15, -0.1) is 0 Å². The number of benzene rings is 1. The molecule has 10 nitrogen and oxygen atoms in total. The summed E-state index contributed by atoms with van der Waals surface area (Å²) in [5.41, 5.74) is 1.58. The van der Waals surface area contributed by atoms with E-state index in [1.165, 1.54) is 6.20 Å². The molecule has 3 aromatic rings. The number of carbonyl (C=O) groups is 3. The van der Waals surface area contributed by atoms with Gasteiger partial charge in [0.1, 0.15) is 17.7 Å². The van der Waals surface area contributed by atoms with Gasteiger partial charge in [0.15, 0.2) is 0 Å². The fourth-order valence-corrected chi connectivity index (χ4v) is 4.88. The number of likely N-dealkylation sites (tertiary alicyclic amines) is 1. The third kappa shape index (κ3) is 4.76. The van der Waals surface area contributed by atoms with E-state index in [1.807, 2.05) is 42.2 Å². The number of imidazole rings is 1. The minimum Gasteiger partial charge on any atom is -0.340 e. The number of pyridine rings is 1. The molecule has 1 fully saturated rings. The molecule has 1 aromatic carbocycles. The van der Waals surface area contributed by atoms with Gasteiger partial charge < -0.3 is 15.1 Å². The highest BCUT2D eigenvalue weighted by Crippen LogP contribution is 2.27. The maximum atomic E-state index is 13.6. The number of fused-ring (bicyclic) bond motifs is 1. The number of nitrogens with zero attached hydrogens (tertiary/aromatic N) is 5. The minimum atomic E-state index is -0.863. The third-order valence-electron chi connectivity index (χ3n) is 6.62. The van der Waals surface area contributed by atoms with Gasteiger partial charge in [-0.2, -0.15) is 0 Å². The van der Waals surface area contributed by atoms with Gasteiger partial charge >= 0.3 is 12.1 Å². The van der Waals surface area contributed by atoms with Crippen LogP contribution in [0.15, 0.2) is 54.9 Å². The Hall–Kier alpha value is -3.92. The molecule has 2 N–H and O–H groups in total. The Balaban J connectivity index is 1.24. The molecule has 2 aliphatic rings. The van der Waals surface area contributed by atoms with Crippen LogP contribution in [0, 0.1) is 6.92 Å². The van der Waals surface area contributed by atoms with Crippen molar-refractivity contribution in [3.8, 4) is 0 Å². The normalized spacial score (nSPS) is 16.6. The molecule has 1 saturated heterocycles. The quantitative estimate of drug-likeness (QED) is 0.548. The predicted octanol–water partition coefficient (Wildman–Crippen LogP) is 3.58. The van der Waals surface area contributed by atoms with E-state index in [2.05, 4.69) is 20.6 Å². The van der Waals surface area contributed by atoms with Crippen molar-refractivity contribution in [1.82, 2.24) is 29.7 Å². The summed E-state index contributed by atoms with van der Waals surface area (Å²) in [6, 6.07) is 10.9. The Morgan fingerprint density at radius 1 is 1.06 bits per heavy atom. The number of piperidine rings is 1. The average Bonchev–Trinajstić information content (AvgIpc) is 3.43. The maximum absolute atomic E-state index is 13.6. The summed E-state index contributed by atoms with van der Waals surface area (Å²) in [6.07, 6.45) is 4.50. The van der Waals surface area contributed by atoms with Crippen molar-refractivity contribution in [1.29, 1.82) is 0 Å². The molecule has 0 bridgehead atoms. The number of aromatic nitrogens is 3. The molecule has 1 atom stereocenters. The number of carbonyl (C=O) groups excluding carboxylic acids is 3. The number of amides is 4. The number of aryl methyl sites for hydroxylation is 1. The summed E-state index contributed by atoms with van der Waals surface area (Å²) in [6.45, 7) is 3.34. The number of urea groups is 1. The van der Waals surface area contributed by atoms with Gasteiger partial charge in [-0.05, 0) is 37.5 Å². The third-order valence-corrected chi connectivity index (χ3v) is 6.85. The molecule has 0 saturated carbocycles. The zero-order chi connectivity index (χ0) is 25.2. The zero-order valence-corrected chi connectivity index (χ0v) is 20.5. The number of rotatable bonds is 5. The summed E-state index contributed by atoms with van der Waals surface area (Å²) in [4.78, 5) is 51.1. The molecule has 186 valence electrons. The van der Waals surface area contributed by atoms with E-state index in [0.29, 0.717) is 54.7 Å². The number of nitrogens with one attached hydrogen (secondary N) is 2. The van der Waals surface area contributed by atoms with Crippen LogP contribution in [0.2, 0.25) is 5.02 Å². The lowest BCUT2D eigenvalue weighted by molar-refractivity contribution is -0.134. The van der Waals surface area contributed by atoms with Crippen LogP contribution in [0.1, 0.15) is 36.0 Å². The van der Waals surface area contributed by atoms with Gasteiger partial charge in [0.2, 0.25) is 5.91 Å². The SMILES string of the molecule is Cc1ncc2n1C(=O)N(C1CCN(C(=O)C(NC(=O)Nc3ccc(Cl)cn3)c3ccccc3)CC1)C2. The van der Waals surface area contributed by atoms with Gasteiger partial charge in [-0.25, -0.2) is 19.6 Å². The van der Waals surface area contributed by atoms with Crippen LogP contribution < -0.4 is 10.6 Å². The highest BCUT2D eigenvalue weighted by atomic mass is 35.5. The first kappa shape index (κ1) is 23.8. The van der Waals surface area contributed by atoms with Crippen molar-refractivity contribution in [2.45, 2.75) is 38.4 Å². The number of anilines is 1. The maximum Gasteiger partial charge on any atom is 0.330 e. The van der Waals surface area contributed by atoms with Crippen molar-refractivity contribution >= 4 is 35.4 Å². The molecule has 0 spiro atoms. The highest BCUT2D eigenvalue weighted by molar-refractivity contribution is 6.30. The minimum absolute atomic E-state index is 0.0447. The fraction of sp³-hybridized carbons (Fsp3) is 0.320. The van der Waals surface area contributed by atoms with E-state index in [0.717, 1.165) is 5.69 Å². The van der Waals surface area contributed by atoms with E-state index < -0.39 is 12.1 Å². The Labute approximate surface area is 213 Å². The molecule has 11 heteroatoms. The standard InChI is InChI=1S/C25H26ClN7O3/c1-16-27-14-20-15-32(25(36)33(16)20)19-9-11-31(12-10-19)23(34)22(17-5-3-2-4-6-17)30-24(35)29-21-8-7-18(26)13-28-21/h2-8,13-14,19,22H,9-12,15H2,1H3,(H2,28,29,30,35). The summed E-state index contributed by atoms with van der Waals surface area (Å²) < 4.78 is 1.65. The van der Waals surface area contributed by atoms with E-state index >= 15 is 0 Å². The van der Waals surface area contributed by atoms with Crippen molar-refractivity contribution in [3.63, 3.8) is 0 Å². The zero-order valence-electron chi connectivity index (χ0n) is 19.7. The summed E-state index contributed by atoms with van der Waals surface area (Å²) >= 11 is 5.86. The molecule has 1 unspecified atom stereocenters. The fourth-order valence-electron chi connectivity index (χ4n) is 4.77. The Bertz CT molecular complexity index is 1270. The lowest BCUT2D eigenvalue weighted by Gasteiger charge is -2.37. The Morgan fingerprint density at radius 3 is 2.47 bits per heavy atom. The molecular weight excluding hydrogens is 482 g/mol. The van der Waals surface area contributed by atoms with Crippen LogP contribution in [0.3, 0.4) is 0 Å². The second kappa shape index (κ2) is 9.98. The largest absolute Gasteiger partial charge is 0.340 e. The molecular formula is C25H26ClN7O3. The summed E-state index contributed by atoms with van der Waals surface area (Å²) in [5.74, 6) is 0.815. The highest BCUT2D eigenvalue weighted by Gasteiger charge is 2.37. The van der Waals surface area contributed by atoms with Crippen LogP contribution in [-0.2, 0) is 11.3 Å². The van der Waals surface area contributed by atoms with Gasteiger partial charge in [-0.3, -0.25) is 14.7 Å². The molecule has 4 amide bonds. The monoisotopic (exact) mass is 507 g/mol. The van der Waals surface area contributed by atoms with Crippen molar-refractivity contribution in [2.75, 3.05) is 18.4 Å². The van der Waals surface area contributed by atoms with Crippen LogP contribution in [0.5, 0.6) is 0 Å².